The van der Waals surface area contributed by atoms with E-state index in [1.165, 1.54) is 18.2 Å². The number of esters is 1. The number of benzene rings is 2. The molecule has 0 bridgehead atoms. The molecule has 0 spiro atoms. The minimum atomic E-state index is -0.757. The molecule has 0 aliphatic carbocycles. The van der Waals surface area contributed by atoms with Gasteiger partial charge in [0, 0.05) is 21.2 Å². The van der Waals surface area contributed by atoms with Crippen molar-refractivity contribution in [3.8, 4) is 0 Å². The quantitative estimate of drug-likeness (QED) is 0.155. The molecule has 13 heteroatoms. The molecule has 0 unspecified atom stereocenters. The summed E-state index contributed by atoms with van der Waals surface area (Å²) in [5.41, 5.74) is 13.6. The lowest BCUT2D eigenvalue weighted by molar-refractivity contribution is -0.157. The van der Waals surface area contributed by atoms with Crippen LogP contribution in [-0.2, 0) is 37.0 Å². The Bertz CT molecular complexity index is 1240. The zero-order valence-corrected chi connectivity index (χ0v) is 22.6. The third-order valence-electron chi connectivity index (χ3n) is 4.87. The number of carbonyl (C=O) groups excluding carboxylic acids is 4. The van der Waals surface area contributed by atoms with Crippen LogP contribution >= 0.6 is 23.2 Å². The molecule has 2 aromatic carbocycles. The molecule has 2 rings (SSSR count). The first-order chi connectivity index (χ1) is 17.8. The molecule has 0 saturated carbocycles. The highest BCUT2D eigenvalue weighted by atomic mass is 35.5. The van der Waals surface area contributed by atoms with Gasteiger partial charge < -0.3 is 26.4 Å². The number of guanidine groups is 1. The lowest BCUT2D eigenvalue weighted by atomic mass is 9.97. The predicted molar refractivity (Wildman–Crippen MR) is 143 cm³/mol. The number of nitrogens with zero attached hydrogens (tertiary/aromatic N) is 1. The van der Waals surface area contributed by atoms with Crippen LogP contribution in [0.4, 0.5) is 5.69 Å². The van der Waals surface area contributed by atoms with Gasteiger partial charge in [-0.05, 0) is 63.1 Å². The summed E-state index contributed by atoms with van der Waals surface area (Å²) in [6, 6.07) is 9.24. The Balaban J connectivity index is 1.86. The molecule has 0 radical (unpaired) electrons. The number of amides is 2. The summed E-state index contributed by atoms with van der Waals surface area (Å²) >= 11 is 12.4. The van der Waals surface area contributed by atoms with Gasteiger partial charge in [-0.15, -0.1) is 0 Å². The molecule has 0 heterocycles. The number of hydroxylamine groups is 1. The summed E-state index contributed by atoms with van der Waals surface area (Å²) in [4.78, 5) is 57.2. The Morgan fingerprint density at radius 1 is 1.05 bits per heavy atom. The molecule has 38 heavy (non-hydrogen) atoms. The molecular formula is C25H29Cl2N5O6. The lowest BCUT2D eigenvalue weighted by Gasteiger charge is -2.18. The van der Waals surface area contributed by atoms with Crippen LogP contribution in [-0.4, -0.2) is 36.3 Å². The molecule has 0 atom stereocenters. The van der Waals surface area contributed by atoms with E-state index in [0.29, 0.717) is 21.8 Å². The maximum Gasteiger partial charge on any atom is 0.332 e. The van der Waals surface area contributed by atoms with E-state index in [1.807, 2.05) is 5.48 Å². The first-order valence-corrected chi connectivity index (χ1v) is 12.1. The fraction of sp³-hybridized carbons (Fsp3) is 0.320. The van der Waals surface area contributed by atoms with Crippen molar-refractivity contribution in [2.45, 2.75) is 40.2 Å². The predicted octanol–water partition coefficient (Wildman–Crippen LogP) is 2.92. The van der Waals surface area contributed by atoms with Gasteiger partial charge in [-0.1, -0.05) is 29.3 Å². The minimum absolute atomic E-state index is 0.0955. The molecule has 2 aromatic rings. The van der Waals surface area contributed by atoms with Gasteiger partial charge in [-0.3, -0.25) is 14.4 Å². The fourth-order valence-electron chi connectivity index (χ4n) is 2.96. The average Bonchev–Trinajstić information content (AvgIpc) is 2.82. The van der Waals surface area contributed by atoms with Crippen molar-refractivity contribution in [1.29, 1.82) is 0 Å². The van der Waals surface area contributed by atoms with Crippen LogP contribution in [0.5, 0.6) is 0 Å². The van der Waals surface area contributed by atoms with E-state index in [1.54, 1.807) is 39.0 Å². The SMILES string of the molecule is CC(C)(C)C(=O)OCc1c(Cl)cc(Cl)cc1CCC(=O)ONC(=O)CNC(=O)c1cccc(N=C(N)N)c1. The van der Waals surface area contributed by atoms with E-state index in [4.69, 9.17) is 44.2 Å². The summed E-state index contributed by atoms with van der Waals surface area (Å²) < 4.78 is 5.35. The molecule has 0 aliphatic rings. The van der Waals surface area contributed by atoms with Gasteiger partial charge in [-0.25, -0.2) is 9.79 Å². The van der Waals surface area contributed by atoms with Crippen molar-refractivity contribution in [2.24, 2.45) is 21.9 Å². The Morgan fingerprint density at radius 3 is 2.42 bits per heavy atom. The maximum atomic E-state index is 12.3. The second-order valence-electron chi connectivity index (χ2n) is 9.12. The van der Waals surface area contributed by atoms with Gasteiger partial charge in [0.15, 0.2) is 5.96 Å². The fourth-order valence-corrected chi connectivity index (χ4v) is 3.55. The van der Waals surface area contributed by atoms with Gasteiger partial charge in [-0.2, -0.15) is 5.48 Å². The van der Waals surface area contributed by atoms with Crippen molar-refractivity contribution in [3.63, 3.8) is 0 Å². The van der Waals surface area contributed by atoms with Crippen LogP contribution in [0.1, 0.15) is 48.7 Å². The maximum absolute atomic E-state index is 12.3. The highest BCUT2D eigenvalue weighted by molar-refractivity contribution is 6.35. The number of aliphatic imine (C=N–C) groups is 1. The largest absolute Gasteiger partial charge is 0.460 e. The Kier molecular flexibility index (Phi) is 10.9. The molecule has 0 aromatic heterocycles. The highest BCUT2D eigenvalue weighted by Crippen LogP contribution is 2.28. The Morgan fingerprint density at radius 2 is 1.76 bits per heavy atom. The third kappa shape index (κ3) is 9.91. The molecule has 0 saturated heterocycles. The molecular weight excluding hydrogens is 537 g/mol. The molecule has 0 fully saturated rings. The van der Waals surface area contributed by atoms with E-state index in [-0.39, 0.29) is 36.0 Å². The summed E-state index contributed by atoms with van der Waals surface area (Å²) in [6.45, 7) is 4.62. The Labute approximate surface area is 229 Å². The van der Waals surface area contributed by atoms with Crippen LogP contribution in [0, 0.1) is 5.41 Å². The van der Waals surface area contributed by atoms with Gasteiger partial charge in [0.2, 0.25) is 0 Å². The zero-order chi connectivity index (χ0) is 28.5. The highest BCUT2D eigenvalue weighted by Gasteiger charge is 2.24. The number of aryl methyl sites for hydroxylation is 1. The number of rotatable bonds is 9. The smallest absolute Gasteiger partial charge is 0.332 e. The van der Waals surface area contributed by atoms with E-state index in [0.717, 1.165) is 0 Å². The van der Waals surface area contributed by atoms with Crippen molar-refractivity contribution < 1.29 is 28.8 Å². The van der Waals surface area contributed by atoms with Crippen LogP contribution < -0.4 is 22.3 Å². The number of halogens is 2. The van der Waals surface area contributed by atoms with Crippen LogP contribution in [0.15, 0.2) is 41.4 Å². The van der Waals surface area contributed by atoms with Crippen molar-refractivity contribution in [3.05, 3.63) is 63.1 Å². The Hall–Kier alpha value is -3.83. The van der Waals surface area contributed by atoms with Gasteiger partial charge >= 0.3 is 11.9 Å². The molecule has 11 nitrogen and oxygen atoms in total. The number of nitrogens with one attached hydrogen (secondary N) is 2. The number of hydrogen-bond donors (Lipinski definition) is 4. The number of nitrogens with two attached hydrogens (primary N) is 2. The molecule has 6 N–H and O–H groups in total. The van der Waals surface area contributed by atoms with E-state index < -0.39 is 35.7 Å². The van der Waals surface area contributed by atoms with Crippen molar-refractivity contribution in [2.75, 3.05) is 6.54 Å². The molecule has 2 amide bonds. The standard InChI is InChI=1S/C25H29Cl2N5O6/c1-25(2,3)23(36)37-13-18-14(9-16(26)11-19(18)27)7-8-21(34)38-32-20(33)12-30-22(35)15-5-4-6-17(10-15)31-24(28)29/h4-6,9-11H,7-8,12-13H2,1-3H3,(H,30,35)(H,32,33)(H4,28,29,31). The second-order valence-corrected chi connectivity index (χ2v) is 9.96. The number of ether oxygens (including phenoxy) is 1. The average molecular weight is 566 g/mol. The van der Waals surface area contributed by atoms with Crippen molar-refractivity contribution in [1.82, 2.24) is 10.8 Å². The van der Waals surface area contributed by atoms with Crippen LogP contribution in [0.2, 0.25) is 10.0 Å². The summed E-state index contributed by atoms with van der Waals surface area (Å²) in [6.07, 6.45) is 0.0152. The van der Waals surface area contributed by atoms with Crippen LogP contribution in [0.25, 0.3) is 0 Å². The van der Waals surface area contributed by atoms with E-state index in [2.05, 4.69) is 10.3 Å². The summed E-state index contributed by atoms with van der Waals surface area (Å²) in [7, 11) is 0. The van der Waals surface area contributed by atoms with Gasteiger partial charge in [0.1, 0.15) is 6.61 Å². The van der Waals surface area contributed by atoms with E-state index >= 15 is 0 Å². The normalized spacial score (nSPS) is 10.8. The number of carbonyl (C=O) groups is 4. The summed E-state index contributed by atoms with van der Waals surface area (Å²) in [5.74, 6) is -2.64. The lowest BCUT2D eigenvalue weighted by Crippen LogP contribution is -2.38. The third-order valence-corrected chi connectivity index (χ3v) is 5.42. The van der Waals surface area contributed by atoms with Crippen LogP contribution in [0.3, 0.4) is 0 Å². The topological polar surface area (TPSA) is 175 Å². The second kappa shape index (κ2) is 13.6. The minimum Gasteiger partial charge on any atom is -0.460 e. The van der Waals surface area contributed by atoms with Gasteiger partial charge in [0.05, 0.1) is 24.1 Å². The zero-order valence-electron chi connectivity index (χ0n) is 21.1. The van der Waals surface area contributed by atoms with Gasteiger partial charge in [0.25, 0.3) is 11.8 Å². The summed E-state index contributed by atoms with van der Waals surface area (Å²) in [5, 5.41) is 3.02. The monoisotopic (exact) mass is 565 g/mol. The first kappa shape index (κ1) is 30.4. The molecule has 0 aliphatic heterocycles. The number of hydrogen-bond acceptors (Lipinski definition) is 7. The first-order valence-electron chi connectivity index (χ1n) is 11.4. The molecule has 204 valence electrons. The van der Waals surface area contributed by atoms with Crippen molar-refractivity contribution >= 4 is 58.6 Å². The van der Waals surface area contributed by atoms with E-state index in [9.17, 15) is 19.2 Å².